The Balaban J connectivity index is 3.18. The monoisotopic (exact) mass is 318 g/mol. The molecule has 1 rings (SSSR count). The summed E-state index contributed by atoms with van der Waals surface area (Å²) in [5, 5.41) is 0.188. The van der Waals surface area contributed by atoms with Crippen LogP contribution in [0.25, 0.3) is 0 Å². The van der Waals surface area contributed by atoms with Gasteiger partial charge in [-0.3, -0.25) is 0 Å². The summed E-state index contributed by atoms with van der Waals surface area (Å²) in [5.74, 6) is -0.0637. The Morgan fingerprint density at radius 1 is 1.24 bits per heavy atom. The zero-order valence-corrected chi connectivity index (χ0v) is 11.8. The van der Waals surface area contributed by atoms with Crippen molar-refractivity contribution in [2.45, 2.75) is 4.90 Å². The molecule has 0 spiro atoms. The zero-order valence-electron chi connectivity index (χ0n) is 8.74. The molecule has 0 aromatic heterocycles. The van der Waals surface area contributed by atoms with E-state index in [1.54, 1.807) is 0 Å². The van der Waals surface area contributed by atoms with E-state index in [0.717, 1.165) is 0 Å². The minimum Gasteiger partial charge on any atom is -0.488 e. The predicted octanol–water partition coefficient (Wildman–Crippen LogP) is 2.95. The van der Waals surface area contributed by atoms with Crippen LogP contribution in [0.3, 0.4) is 0 Å². The molecule has 4 nitrogen and oxygen atoms in total. The van der Waals surface area contributed by atoms with Crippen LogP contribution < -0.4 is 4.74 Å². The van der Waals surface area contributed by atoms with Gasteiger partial charge in [-0.15, -0.1) is 0 Å². The molecule has 1 aromatic rings. The third-order valence-electron chi connectivity index (χ3n) is 1.81. The highest BCUT2D eigenvalue weighted by molar-refractivity contribution is 8.13. The third-order valence-corrected chi connectivity index (χ3v) is 3.94. The van der Waals surface area contributed by atoms with Crippen molar-refractivity contribution in [1.82, 2.24) is 0 Å². The fraction of sp³-hybridized carbons (Fsp3) is 0.333. The molecule has 1 aromatic carbocycles. The van der Waals surface area contributed by atoms with E-state index < -0.39 is 9.05 Å². The van der Waals surface area contributed by atoms with Crippen molar-refractivity contribution in [1.29, 1.82) is 0 Å². The van der Waals surface area contributed by atoms with E-state index >= 15 is 0 Å². The van der Waals surface area contributed by atoms with Gasteiger partial charge in [0.2, 0.25) is 0 Å². The topological polar surface area (TPSA) is 52.6 Å². The fourth-order valence-electron chi connectivity index (χ4n) is 1.07. The second kappa shape index (κ2) is 6.11. The van der Waals surface area contributed by atoms with Crippen molar-refractivity contribution in [3.63, 3.8) is 0 Å². The average molecular weight is 320 g/mol. The van der Waals surface area contributed by atoms with Crippen LogP contribution in [-0.4, -0.2) is 28.7 Å². The van der Waals surface area contributed by atoms with Crippen LogP contribution in [0, 0.1) is 0 Å². The van der Waals surface area contributed by atoms with Crippen LogP contribution >= 0.6 is 33.9 Å². The third kappa shape index (κ3) is 3.89. The maximum absolute atomic E-state index is 11.3. The maximum Gasteiger partial charge on any atom is 0.265 e. The highest BCUT2D eigenvalue weighted by Crippen LogP contribution is 2.38. The van der Waals surface area contributed by atoms with Crippen molar-refractivity contribution in [2.75, 3.05) is 20.3 Å². The summed E-state index contributed by atoms with van der Waals surface area (Å²) in [7, 11) is 2.80. The zero-order chi connectivity index (χ0) is 13.1. The SMILES string of the molecule is COCCOc1c(S(=O)(=O)Cl)ccc(Cl)c1Cl. The summed E-state index contributed by atoms with van der Waals surface area (Å²) in [4.78, 5) is -0.218. The molecule has 0 heterocycles. The molecule has 0 unspecified atom stereocenters. The van der Waals surface area contributed by atoms with Gasteiger partial charge in [0, 0.05) is 17.8 Å². The molecule has 0 amide bonds. The lowest BCUT2D eigenvalue weighted by molar-refractivity contribution is 0.145. The minimum absolute atomic E-state index is 0.00416. The van der Waals surface area contributed by atoms with Crippen LogP contribution in [-0.2, 0) is 13.8 Å². The van der Waals surface area contributed by atoms with E-state index in [9.17, 15) is 8.42 Å². The lowest BCUT2D eigenvalue weighted by Crippen LogP contribution is -2.07. The van der Waals surface area contributed by atoms with Gasteiger partial charge in [0.15, 0.2) is 5.75 Å². The molecule has 0 radical (unpaired) electrons. The van der Waals surface area contributed by atoms with Gasteiger partial charge in [-0.25, -0.2) is 8.42 Å². The number of rotatable bonds is 5. The van der Waals surface area contributed by atoms with Crippen molar-refractivity contribution >= 4 is 42.9 Å². The molecule has 0 saturated carbocycles. The van der Waals surface area contributed by atoms with E-state index in [-0.39, 0.29) is 33.9 Å². The molecule has 0 atom stereocenters. The maximum atomic E-state index is 11.3. The van der Waals surface area contributed by atoms with E-state index in [2.05, 4.69) is 0 Å². The molecule has 0 N–H and O–H groups in total. The molecule has 96 valence electrons. The molecule has 0 fully saturated rings. The lowest BCUT2D eigenvalue weighted by atomic mass is 10.3. The first-order chi connectivity index (χ1) is 7.88. The summed E-state index contributed by atoms with van der Waals surface area (Å²) >= 11 is 11.6. The number of methoxy groups -OCH3 is 1. The number of benzene rings is 1. The van der Waals surface area contributed by atoms with Gasteiger partial charge in [0.05, 0.1) is 11.6 Å². The van der Waals surface area contributed by atoms with Gasteiger partial charge in [0.1, 0.15) is 16.5 Å². The second-order valence-corrected chi connectivity index (χ2v) is 6.29. The van der Waals surface area contributed by atoms with Crippen molar-refractivity contribution in [3.05, 3.63) is 22.2 Å². The Morgan fingerprint density at radius 2 is 1.88 bits per heavy atom. The molecule has 0 aliphatic carbocycles. The van der Waals surface area contributed by atoms with Crippen molar-refractivity contribution < 1.29 is 17.9 Å². The predicted molar refractivity (Wildman–Crippen MR) is 66.9 cm³/mol. The van der Waals surface area contributed by atoms with Gasteiger partial charge < -0.3 is 9.47 Å². The first kappa shape index (κ1) is 14.9. The van der Waals surface area contributed by atoms with Crippen molar-refractivity contribution in [2.24, 2.45) is 0 Å². The second-order valence-electron chi connectivity index (χ2n) is 2.97. The number of hydrogen-bond donors (Lipinski definition) is 0. The number of hydrogen-bond acceptors (Lipinski definition) is 4. The largest absolute Gasteiger partial charge is 0.488 e. The van der Waals surface area contributed by atoms with Crippen LogP contribution in [0.4, 0.5) is 0 Å². The smallest absolute Gasteiger partial charge is 0.265 e. The molecule has 0 bridgehead atoms. The Kier molecular flexibility index (Phi) is 5.34. The normalized spacial score (nSPS) is 11.5. The first-order valence-corrected chi connectivity index (χ1v) is 7.49. The molecular weight excluding hydrogens is 311 g/mol. The highest BCUT2D eigenvalue weighted by Gasteiger charge is 2.21. The summed E-state index contributed by atoms with van der Waals surface area (Å²) in [6.45, 7) is 0.417. The van der Waals surface area contributed by atoms with E-state index in [1.165, 1.54) is 19.2 Å². The minimum atomic E-state index is -3.95. The molecular formula is C9H9Cl3O4S. The van der Waals surface area contributed by atoms with Crippen LogP contribution in [0.5, 0.6) is 5.75 Å². The van der Waals surface area contributed by atoms with Crippen LogP contribution in [0.1, 0.15) is 0 Å². The van der Waals surface area contributed by atoms with Crippen molar-refractivity contribution in [3.8, 4) is 5.75 Å². The van der Waals surface area contributed by atoms with Gasteiger partial charge in [-0.1, -0.05) is 23.2 Å². The number of ether oxygens (including phenoxy) is 2. The first-order valence-electron chi connectivity index (χ1n) is 4.42. The van der Waals surface area contributed by atoms with Gasteiger partial charge in [-0.05, 0) is 12.1 Å². The Hall–Kier alpha value is -0.200. The van der Waals surface area contributed by atoms with E-state index in [1.807, 2.05) is 0 Å². The Bertz CT molecular complexity index is 501. The molecule has 0 aliphatic heterocycles. The fourth-order valence-corrected chi connectivity index (χ4v) is 2.47. The van der Waals surface area contributed by atoms with Crippen LogP contribution in [0.2, 0.25) is 10.0 Å². The summed E-state index contributed by atoms with van der Waals surface area (Å²) < 4.78 is 32.6. The summed E-state index contributed by atoms with van der Waals surface area (Å²) in [6.07, 6.45) is 0. The molecule has 0 saturated heterocycles. The number of halogens is 3. The van der Waals surface area contributed by atoms with Gasteiger partial charge in [0.25, 0.3) is 9.05 Å². The van der Waals surface area contributed by atoms with Crippen LogP contribution in [0.15, 0.2) is 17.0 Å². The quantitative estimate of drug-likeness (QED) is 0.618. The highest BCUT2D eigenvalue weighted by atomic mass is 35.7. The average Bonchev–Trinajstić information content (AvgIpc) is 2.23. The Labute approximate surface area is 114 Å². The molecule has 0 aliphatic rings. The standard InChI is InChI=1S/C9H9Cl3O4S/c1-15-4-5-16-9-7(17(12,13)14)3-2-6(10)8(9)11/h2-3H,4-5H2,1H3. The molecule has 17 heavy (non-hydrogen) atoms. The Morgan fingerprint density at radius 3 is 2.41 bits per heavy atom. The molecule has 8 heteroatoms. The van der Waals surface area contributed by atoms with Gasteiger partial charge >= 0.3 is 0 Å². The summed E-state index contributed by atoms with van der Waals surface area (Å²) in [6, 6.07) is 2.57. The van der Waals surface area contributed by atoms with E-state index in [0.29, 0.717) is 0 Å². The summed E-state index contributed by atoms with van der Waals surface area (Å²) in [5.41, 5.74) is 0. The van der Waals surface area contributed by atoms with Gasteiger partial charge in [-0.2, -0.15) is 0 Å². The lowest BCUT2D eigenvalue weighted by Gasteiger charge is -2.11. The van der Waals surface area contributed by atoms with E-state index in [4.69, 9.17) is 43.4 Å².